The van der Waals surface area contributed by atoms with E-state index in [1.165, 1.54) is 70.9 Å². The number of hydrogen-bond donors (Lipinski definition) is 6. The molecule has 0 saturated carbocycles. The van der Waals surface area contributed by atoms with Crippen molar-refractivity contribution in [3.8, 4) is 11.5 Å². The molecule has 5 heterocycles. The topological polar surface area (TPSA) is 380 Å². The number of carbonyl (C=O) groups excluding carboxylic acids is 12. The van der Waals surface area contributed by atoms with Crippen molar-refractivity contribution in [2.75, 3.05) is 60.1 Å². The van der Waals surface area contributed by atoms with Crippen LogP contribution in [0.3, 0.4) is 0 Å². The van der Waals surface area contributed by atoms with Gasteiger partial charge in [-0.1, -0.05) is 74.3 Å². The van der Waals surface area contributed by atoms with Crippen LogP contribution in [0.2, 0.25) is 0 Å². The number of esters is 2. The lowest BCUT2D eigenvalue weighted by atomic mass is 9.96. The number of nitrogens with zero attached hydrogens (tertiary/aromatic N) is 7. The fraction of sp³-hybridized carbons (Fsp3) is 0.625. The minimum Gasteiger partial charge on any atom is -0.458 e. The Bertz CT molecular complexity index is 3500. The van der Waals surface area contributed by atoms with Crippen LogP contribution in [0.1, 0.15) is 133 Å². The van der Waals surface area contributed by atoms with Crippen LogP contribution >= 0.6 is 0 Å². The maximum absolute atomic E-state index is 15.3. The molecule has 13 atom stereocenters. The number of amides is 10. The Kier molecular flexibility index (Phi) is 22.4. The van der Waals surface area contributed by atoms with E-state index in [9.17, 15) is 53.1 Å². The number of fused-ring (bicyclic) bond motifs is 4. The summed E-state index contributed by atoms with van der Waals surface area (Å²) in [7, 11) is 5.48. The van der Waals surface area contributed by atoms with Gasteiger partial charge in [0.05, 0.1) is 36.0 Å². The first-order valence-corrected chi connectivity index (χ1v) is 31.7. The van der Waals surface area contributed by atoms with Gasteiger partial charge in [0.25, 0.3) is 11.8 Å². The Morgan fingerprint density at radius 1 is 0.688 bits per heavy atom. The van der Waals surface area contributed by atoms with E-state index in [2.05, 4.69) is 21.3 Å². The quantitative estimate of drug-likeness (QED) is 0.0913. The van der Waals surface area contributed by atoms with Crippen molar-refractivity contribution in [3.63, 3.8) is 0 Å². The predicted octanol–water partition coefficient (Wildman–Crippen LogP) is 0.477. The van der Waals surface area contributed by atoms with Crippen LogP contribution in [0.4, 0.5) is 5.69 Å². The number of benzene rings is 2. The van der Waals surface area contributed by atoms with Gasteiger partial charge < -0.3 is 75.4 Å². The summed E-state index contributed by atoms with van der Waals surface area (Å²) in [6.07, 6.45) is -3.12. The first-order valence-electron chi connectivity index (χ1n) is 31.7. The van der Waals surface area contributed by atoms with Crippen LogP contribution in [0.25, 0.3) is 22.6 Å². The van der Waals surface area contributed by atoms with Gasteiger partial charge in [-0.3, -0.25) is 52.7 Å². The van der Waals surface area contributed by atoms with Gasteiger partial charge in [0.2, 0.25) is 52.7 Å². The second-order valence-electron chi connectivity index (χ2n) is 26.0. The molecule has 0 aromatic heterocycles. The fourth-order valence-corrected chi connectivity index (χ4v) is 12.6. The first kappa shape index (κ1) is 71.7. The molecule has 4 fully saturated rings. The number of anilines is 1. The average molecular weight is 1300 g/mol. The standard InChI is InChI=1S/C64H90N12O17/c1-17-30(7)44-61(87)75-23-19-20-38(75)59(85)71(13)26-40(78)73(15)50(28(3)4)63(89)91-34(11)46(57(83)67-44)69-55(81)37-22-21-32(9)53-48(37)66-49-42(43(65)52(80)33(10)54(49)93-53)56(82)70-47-35(12)92-64(90)51(29(5)6)74(16)41(79)27-72(14)60(86)39-24-36(77)25-76(39)62(88)45(31(8)18-2)68-58(47)84/h21-22,28-31,34-36,38-39,44-47,50-51,77H,17-20,23-27,65H2,1-16H3,(H,67,83)(H,68,84)(H,69,81)(H,70,82). The highest BCUT2D eigenvalue weighted by Gasteiger charge is 2.48. The Hall–Kier alpha value is -8.76. The summed E-state index contributed by atoms with van der Waals surface area (Å²) in [6, 6.07) is -8.42. The summed E-state index contributed by atoms with van der Waals surface area (Å²) in [5, 5.41) is 21.6. The van der Waals surface area contributed by atoms with Gasteiger partial charge in [-0.15, -0.1) is 0 Å². The molecular formula is C64H90N12O17. The third-order valence-electron chi connectivity index (χ3n) is 18.6. The number of cyclic esters (lactones) is 2. The predicted molar refractivity (Wildman–Crippen MR) is 336 cm³/mol. The zero-order valence-corrected chi connectivity index (χ0v) is 55.9. The normalized spacial score (nSPS) is 27.2. The molecule has 29 nitrogen and oxygen atoms in total. The molecule has 0 radical (unpaired) electrons. The molecule has 5 aliphatic heterocycles. The maximum atomic E-state index is 15.3. The fourth-order valence-electron chi connectivity index (χ4n) is 12.6. The van der Waals surface area contributed by atoms with Crippen LogP contribution in [0, 0.1) is 37.5 Å². The summed E-state index contributed by atoms with van der Waals surface area (Å²) >= 11 is 0. The molecule has 6 aliphatic rings. The van der Waals surface area contributed by atoms with Gasteiger partial charge in [-0.2, -0.15) is 0 Å². The minimum atomic E-state index is -1.94. The Morgan fingerprint density at radius 2 is 1.16 bits per heavy atom. The van der Waals surface area contributed by atoms with E-state index in [-0.39, 0.29) is 60.3 Å². The van der Waals surface area contributed by atoms with Crippen LogP contribution in [0.5, 0.6) is 0 Å². The zero-order chi connectivity index (χ0) is 69.3. The largest absolute Gasteiger partial charge is 0.458 e. The monoisotopic (exact) mass is 1300 g/mol. The van der Waals surface area contributed by atoms with E-state index in [1.807, 2.05) is 0 Å². The SMILES string of the molecule is CCC(C)C1NC(=O)C(NC(=O)c2c3nc4c(C(=O)NC5C(=O)NC(C(C)CC)C(=O)N6CCCC6C(=O)N(C)CC(=O)N(C)C(C(C)C)C(=O)OC5C)ccc(C)c4oc-3c(C)c(=O)c2N)C(C)OC(=O)C(C(C)C)N(C)C(=O)CN(C)C(=O)C2CC(O)CN2C1=O. The third kappa shape index (κ3) is 14.6. The number of aryl methyl sites for hydroxylation is 1. The van der Waals surface area contributed by atoms with Gasteiger partial charge in [0, 0.05) is 53.3 Å². The number of aromatic nitrogens is 1. The lowest BCUT2D eigenvalue weighted by molar-refractivity contribution is -0.163. The van der Waals surface area contributed by atoms with Crippen molar-refractivity contribution in [2.24, 2.45) is 23.7 Å². The number of nitrogens with two attached hydrogens (primary N) is 1. The average Bonchev–Trinajstić information content (AvgIpc) is 1.33. The Balaban J connectivity index is 1.34. The minimum absolute atomic E-state index is 0.0894. The van der Waals surface area contributed by atoms with E-state index >= 15 is 14.4 Å². The molecule has 0 bridgehead atoms. The van der Waals surface area contributed by atoms with Crippen molar-refractivity contribution < 1.29 is 76.5 Å². The molecule has 0 spiro atoms. The first-order chi connectivity index (χ1) is 43.6. The number of aliphatic hydroxyl groups is 1. The van der Waals surface area contributed by atoms with E-state index < -0.39 is 197 Å². The number of aliphatic hydroxyl groups excluding tert-OH is 1. The number of carbonyl (C=O) groups is 12. The number of nitrogen functional groups attached to an aromatic ring is 1. The number of nitrogens with one attached hydrogen (secondary N) is 4. The third-order valence-corrected chi connectivity index (χ3v) is 18.6. The van der Waals surface area contributed by atoms with Gasteiger partial charge in [-0.25, -0.2) is 14.6 Å². The number of rotatable bonds is 10. The summed E-state index contributed by atoms with van der Waals surface area (Å²) in [5.74, 6) is -12.9. The van der Waals surface area contributed by atoms with Gasteiger partial charge in [-0.05, 0) is 75.8 Å². The lowest BCUT2D eigenvalue weighted by Gasteiger charge is -2.36. The Labute approximate surface area is 539 Å². The molecule has 1 aliphatic carbocycles. The van der Waals surface area contributed by atoms with Crippen molar-refractivity contribution in [1.82, 2.24) is 55.7 Å². The second kappa shape index (κ2) is 29.0. The number of ether oxygens (including phenoxy) is 2. The second-order valence-corrected chi connectivity index (χ2v) is 26.0. The van der Waals surface area contributed by atoms with Crippen LogP contribution < -0.4 is 32.4 Å². The van der Waals surface area contributed by atoms with Gasteiger partial charge in [0.15, 0.2) is 11.3 Å². The molecule has 93 heavy (non-hydrogen) atoms. The number of hydrogen-bond acceptors (Lipinski definition) is 19. The lowest BCUT2D eigenvalue weighted by Crippen LogP contribution is -2.61. The molecule has 7 rings (SSSR count). The summed E-state index contributed by atoms with van der Waals surface area (Å²) in [6.45, 7) is 18.0. The number of likely N-dealkylation sites (N-methyl/N-ethyl adjacent to an activating group) is 4. The van der Waals surface area contributed by atoms with E-state index in [0.29, 0.717) is 18.4 Å². The molecule has 1 aromatic rings. The van der Waals surface area contributed by atoms with Crippen molar-refractivity contribution in [2.45, 2.75) is 182 Å². The van der Waals surface area contributed by atoms with Crippen molar-refractivity contribution >= 4 is 87.8 Å². The van der Waals surface area contributed by atoms with Crippen molar-refractivity contribution in [3.05, 3.63) is 44.6 Å². The smallest absolute Gasteiger partial charge is 0.329 e. The van der Waals surface area contributed by atoms with E-state index in [1.54, 1.807) is 62.3 Å². The van der Waals surface area contributed by atoms with E-state index in [4.69, 9.17) is 24.6 Å². The molecule has 13 unspecified atom stereocenters. The van der Waals surface area contributed by atoms with Crippen LogP contribution in [-0.2, 0) is 57.4 Å². The maximum Gasteiger partial charge on any atom is 0.329 e. The zero-order valence-electron chi connectivity index (χ0n) is 55.9. The van der Waals surface area contributed by atoms with Gasteiger partial charge in [0.1, 0.15) is 71.8 Å². The Morgan fingerprint density at radius 3 is 1.65 bits per heavy atom. The van der Waals surface area contributed by atoms with Crippen LogP contribution in [0.15, 0.2) is 21.3 Å². The molecule has 7 N–H and O–H groups in total. The van der Waals surface area contributed by atoms with Crippen LogP contribution in [-0.4, -0.2) is 232 Å². The van der Waals surface area contributed by atoms with Gasteiger partial charge >= 0.3 is 11.9 Å². The summed E-state index contributed by atoms with van der Waals surface area (Å²) < 4.78 is 18.4. The molecule has 10 amide bonds. The highest BCUT2D eigenvalue weighted by Crippen LogP contribution is 2.35. The highest BCUT2D eigenvalue weighted by atomic mass is 16.6. The summed E-state index contributed by atoms with van der Waals surface area (Å²) in [4.78, 5) is 200. The molecule has 29 heteroatoms. The summed E-state index contributed by atoms with van der Waals surface area (Å²) in [5.41, 5.74) is 3.43. The molecule has 508 valence electrons. The molecular weight excluding hydrogens is 1210 g/mol. The molecule has 1 aromatic carbocycles. The van der Waals surface area contributed by atoms with E-state index in [0.717, 1.165) is 19.6 Å². The highest BCUT2D eigenvalue weighted by molar-refractivity contribution is 6.10. The molecule has 4 saturated heterocycles. The van der Waals surface area contributed by atoms with Crippen molar-refractivity contribution in [1.29, 1.82) is 0 Å².